The number of rotatable bonds is 3. The average molecular weight is 348 g/mol. The lowest BCUT2D eigenvalue weighted by Crippen LogP contribution is -1.84. The van der Waals surface area contributed by atoms with Gasteiger partial charge in [-0.15, -0.1) is 22.7 Å². The van der Waals surface area contributed by atoms with E-state index in [9.17, 15) is 0 Å². The van der Waals surface area contributed by atoms with E-state index in [0.717, 1.165) is 43.6 Å². The first kappa shape index (κ1) is 13.7. The fraction of sp³-hybridized carbons (Fsp3) is 0. The fourth-order valence-corrected chi connectivity index (χ4v) is 4.28. The second-order valence-corrected chi connectivity index (χ2v) is 7.27. The molecule has 0 spiro atoms. The van der Waals surface area contributed by atoms with Gasteiger partial charge in [0.2, 0.25) is 0 Å². The van der Waals surface area contributed by atoms with Gasteiger partial charge in [0.1, 0.15) is 11.5 Å². The Kier molecular flexibility index (Phi) is 3.11. The standard InChI is InChI=1S/C18H12N4S2/c1-2-6-12-11(5-1)19-18(20-12)15-16(13-7-3-9-23-13)21-22-17(15)14-8-4-10-24-14/h1-10H,(H,19,20)(H,21,22). The molecule has 0 radical (unpaired) electrons. The van der Waals surface area contributed by atoms with Gasteiger partial charge in [-0.3, -0.25) is 5.10 Å². The van der Waals surface area contributed by atoms with Crippen molar-refractivity contribution in [2.24, 2.45) is 0 Å². The minimum absolute atomic E-state index is 0.844. The van der Waals surface area contributed by atoms with E-state index in [4.69, 9.17) is 4.98 Å². The summed E-state index contributed by atoms with van der Waals surface area (Å²) in [6.45, 7) is 0. The zero-order valence-electron chi connectivity index (χ0n) is 12.5. The monoisotopic (exact) mass is 348 g/mol. The van der Waals surface area contributed by atoms with Crippen molar-refractivity contribution in [2.45, 2.75) is 0 Å². The summed E-state index contributed by atoms with van der Waals surface area (Å²) >= 11 is 3.37. The Morgan fingerprint density at radius 2 is 1.62 bits per heavy atom. The van der Waals surface area contributed by atoms with Crippen molar-refractivity contribution >= 4 is 33.7 Å². The average Bonchev–Trinajstić information content (AvgIpc) is 3.40. The minimum Gasteiger partial charge on any atom is -0.338 e. The van der Waals surface area contributed by atoms with Crippen molar-refractivity contribution in [3.63, 3.8) is 0 Å². The number of aromatic amines is 2. The molecule has 5 rings (SSSR count). The number of nitrogens with one attached hydrogen (secondary N) is 2. The lowest BCUT2D eigenvalue weighted by molar-refractivity contribution is 1.11. The second kappa shape index (κ2) is 5.43. The maximum absolute atomic E-state index is 4.79. The summed E-state index contributed by atoms with van der Waals surface area (Å²) in [5, 5.41) is 11.9. The van der Waals surface area contributed by atoms with Gasteiger partial charge in [-0.1, -0.05) is 24.3 Å². The van der Waals surface area contributed by atoms with E-state index in [1.54, 1.807) is 22.7 Å². The predicted octanol–water partition coefficient (Wildman–Crippen LogP) is 5.41. The summed E-state index contributed by atoms with van der Waals surface area (Å²) in [7, 11) is 0. The van der Waals surface area contributed by atoms with Crippen LogP contribution < -0.4 is 0 Å². The van der Waals surface area contributed by atoms with Crippen molar-refractivity contribution in [1.82, 2.24) is 20.2 Å². The molecule has 0 aliphatic carbocycles. The van der Waals surface area contributed by atoms with Gasteiger partial charge in [-0.05, 0) is 35.0 Å². The van der Waals surface area contributed by atoms with Crippen LogP contribution in [0.5, 0.6) is 0 Å². The van der Waals surface area contributed by atoms with Crippen LogP contribution in [-0.4, -0.2) is 20.2 Å². The fourth-order valence-electron chi connectivity index (χ4n) is 2.83. The molecule has 0 atom stereocenters. The molecule has 0 unspecified atom stereocenters. The second-order valence-electron chi connectivity index (χ2n) is 5.38. The highest BCUT2D eigenvalue weighted by Crippen LogP contribution is 2.40. The van der Waals surface area contributed by atoms with Crippen LogP contribution in [0.4, 0.5) is 0 Å². The Hall–Kier alpha value is -2.70. The Morgan fingerprint density at radius 3 is 2.38 bits per heavy atom. The molecule has 24 heavy (non-hydrogen) atoms. The first-order valence-electron chi connectivity index (χ1n) is 7.51. The normalized spacial score (nSPS) is 11.3. The smallest absolute Gasteiger partial charge is 0.143 e. The van der Waals surface area contributed by atoms with E-state index in [0.29, 0.717) is 0 Å². The quantitative estimate of drug-likeness (QED) is 0.458. The highest BCUT2D eigenvalue weighted by Gasteiger charge is 2.21. The van der Waals surface area contributed by atoms with E-state index in [2.05, 4.69) is 38.1 Å². The molecule has 0 fully saturated rings. The number of hydrogen-bond acceptors (Lipinski definition) is 4. The molecule has 116 valence electrons. The maximum Gasteiger partial charge on any atom is 0.143 e. The molecule has 0 saturated heterocycles. The third kappa shape index (κ3) is 2.11. The summed E-state index contributed by atoms with van der Waals surface area (Å²) in [4.78, 5) is 10.5. The van der Waals surface area contributed by atoms with Crippen LogP contribution in [0.1, 0.15) is 0 Å². The van der Waals surface area contributed by atoms with Gasteiger partial charge in [0.15, 0.2) is 0 Å². The summed E-state index contributed by atoms with van der Waals surface area (Å²) in [6, 6.07) is 16.4. The summed E-state index contributed by atoms with van der Waals surface area (Å²) < 4.78 is 0. The predicted molar refractivity (Wildman–Crippen MR) is 100 cm³/mol. The number of para-hydroxylation sites is 2. The van der Waals surface area contributed by atoms with Gasteiger partial charge >= 0.3 is 0 Å². The number of imidazole rings is 1. The highest BCUT2D eigenvalue weighted by atomic mass is 32.1. The molecule has 4 nitrogen and oxygen atoms in total. The first-order valence-corrected chi connectivity index (χ1v) is 9.27. The number of aromatic nitrogens is 4. The van der Waals surface area contributed by atoms with Crippen LogP contribution in [0.25, 0.3) is 43.6 Å². The number of fused-ring (bicyclic) bond motifs is 1. The van der Waals surface area contributed by atoms with Crippen LogP contribution >= 0.6 is 22.7 Å². The van der Waals surface area contributed by atoms with Gasteiger partial charge in [0.05, 0.1) is 32.0 Å². The Balaban J connectivity index is 1.80. The number of nitrogens with zero attached hydrogens (tertiary/aromatic N) is 2. The maximum atomic E-state index is 4.79. The molecule has 4 aromatic heterocycles. The molecule has 6 heteroatoms. The molecule has 0 aliphatic rings. The van der Waals surface area contributed by atoms with Crippen LogP contribution in [0.15, 0.2) is 59.3 Å². The minimum atomic E-state index is 0.844. The summed E-state index contributed by atoms with van der Waals surface area (Å²) in [5.41, 5.74) is 4.96. The molecule has 0 saturated carbocycles. The van der Waals surface area contributed by atoms with Crippen molar-refractivity contribution in [1.29, 1.82) is 0 Å². The van der Waals surface area contributed by atoms with E-state index in [1.807, 2.05) is 36.4 Å². The Bertz CT molecular complexity index is 1020. The molecule has 5 aromatic rings. The SMILES string of the molecule is c1csc(-c2n[nH]c(-c3cccs3)c2-c2nc3ccccc3[nH]2)c1. The third-order valence-corrected chi connectivity index (χ3v) is 5.68. The van der Waals surface area contributed by atoms with Crippen LogP contribution in [0.3, 0.4) is 0 Å². The van der Waals surface area contributed by atoms with Crippen LogP contribution in [0.2, 0.25) is 0 Å². The number of hydrogen-bond donors (Lipinski definition) is 2. The lowest BCUT2D eigenvalue weighted by atomic mass is 10.1. The molecular formula is C18H12N4S2. The largest absolute Gasteiger partial charge is 0.338 e. The van der Waals surface area contributed by atoms with Gasteiger partial charge < -0.3 is 4.98 Å². The van der Waals surface area contributed by atoms with Gasteiger partial charge in [-0.2, -0.15) is 5.10 Å². The Morgan fingerprint density at radius 1 is 0.833 bits per heavy atom. The van der Waals surface area contributed by atoms with Crippen molar-refractivity contribution < 1.29 is 0 Å². The van der Waals surface area contributed by atoms with Crippen molar-refractivity contribution in [2.75, 3.05) is 0 Å². The molecule has 0 amide bonds. The summed E-state index contributed by atoms with van der Waals surface area (Å²) in [5.74, 6) is 0.844. The zero-order valence-corrected chi connectivity index (χ0v) is 14.1. The Labute approximate surface area is 145 Å². The zero-order chi connectivity index (χ0) is 15.9. The van der Waals surface area contributed by atoms with Gasteiger partial charge in [0.25, 0.3) is 0 Å². The topological polar surface area (TPSA) is 57.4 Å². The van der Waals surface area contributed by atoms with E-state index < -0.39 is 0 Å². The summed E-state index contributed by atoms with van der Waals surface area (Å²) in [6.07, 6.45) is 0. The molecule has 2 N–H and O–H groups in total. The van der Waals surface area contributed by atoms with Crippen molar-refractivity contribution in [3.8, 4) is 32.5 Å². The first-order chi connectivity index (χ1) is 11.9. The van der Waals surface area contributed by atoms with Crippen LogP contribution in [0, 0.1) is 0 Å². The lowest BCUT2D eigenvalue weighted by Gasteiger charge is -2.00. The number of H-pyrrole nitrogens is 2. The number of benzene rings is 1. The number of thiophene rings is 2. The molecule has 0 aliphatic heterocycles. The third-order valence-electron chi connectivity index (χ3n) is 3.91. The molecule has 0 bridgehead atoms. The van der Waals surface area contributed by atoms with E-state index in [1.165, 1.54) is 0 Å². The molecule has 4 heterocycles. The van der Waals surface area contributed by atoms with Gasteiger partial charge in [-0.25, -0.2) is 4.98 Å². The van der Waals surface area contributed by atoms with Crippen molar-refractivity contribution in [3.05, 3.63) is 59.3 Å². The molecule has 1 aromatic carbocycles. The van der Waals surface area contributed by atoms with E-state index in [-0.39, 0.29) is 0 Å². The molecular weight excluding hydrogens is 336 g/mol. The van der Waals surface area contributed by atoms with Crippen LogP contribution in [-0.2, 0) is 0 Å². The highest BCUT2D eigenvalue weighted by molar-refractivity contribution is 7.14. The van der Waals surface area contributed by atoms with E-state index >= 15 is 0 Å². The van der Waals surface area contributed by atoms with Gasteiger partial charge in [0, 0.05) is 0 Å².